The van der Waals surface area contributed by atoms with E-state index in [0.29, 0.717) is 35.4 Å². The molecule has 0 aliphatic carbocycles. The number of Topliss-reactive ketones (excluding diaryl/α,β-unsaturated/α-hetero) is 1. The van der Waals surface area contributed by atoms with E-state index in [-0.39, 0.29) is 30.5 Å². The zero-order chi connectivity index (χ0) is 20.1. The first-order valence-corrected chi connectivity index (χ1v) is 9.95. The van der Waals surface area contributed by atoms with Crippen molar-refractivity contribution in [3.63, 3.8) is 0 Å². The number of hydrogen-bond donors (Lipinski definition) is 1. The predicted octanol–water partition coefficient (Wildman–Crippen LogP) is 4.51. The smallest absolute Gasteiger partial charge is 0.167 e. The van der Waals surface area contributed by atoms with Crippen molar-refractivity contribution >= 4 is 22.9 Å². The summed E-state index contributed by atoms with van der Waals surface area (Å²) in [6, 6.07) is 15.6. The standard InChI is InChI=1S/C23H25FO3S/c1-16(25)19-11-12-27-15-23(19,20-9-5-6-10-21(20)24)14-18(28)13-22(26)17-7-3-2-4-8-17/h2-10,16,19,25H,11-15H2,1H3/t16-,19-,23+/m0/s1. The Balaban J connectivity index is 1.90. The van der Waals surface area contributed by atoms with E-state index in [4.69, 9.17) is 17.0 Å². The summed E-state index contributed by atoms with van der Waals surface area (Å²) in [6.45, 7) is 2.51. The van der Waals surface area contributed by atoms with Crippen LogP contribution in [0.5, 0.6) is 0 Å². The van der Waals surface area contributed by atoms with Crippen LogP contribution in [-0.2, 0) is 10.2 Å². The summed E-state index contributed by atoms with van der Waals surface area (Å²) in [4.78, 5) is 13.1. The predicted molar refractivity (Wildman–Crippen MR) is 111 cm³/mol. The van der Waals surface area contributed by atoms with Crippen LogP contribution in [0.1, 0.15) is 42.1 Å². The number of thiocarbonyl (C=S) groups is 1. The first kappa shape index (κ1) is 20.8. The molecule has 1 N–H and O–H groups in total. The van der Waals surface area contributed by atoms with Crippen LogP contribution in [0.25, 0.3) is 0 Å². The lowest BCUT2D eigenvalue weighted by atomic mass is 9.63. The number of benzene rings is 2. The fourth-order valence-corrected chi connectivity index (χ4v) is 4.68. The molecule has 5 heteroatoms. The molecule has 0 unspecified atom stereocenters. The van der Waals surface area contributed by atoms with Crippen LogP contribution in [0.2, 0.25) is 0 Å². The average Bonchev–Trinajstić information content (AvgIpc) is 2.69. The van der Waals surface area contributed by atoms with Crippen molar-refractivity contribution < 1.29 is 19.0 Å². The maximum absolute atomic E-state index is 14.8. The molecule has 0 saturated carbocycles. The summed E-state index contributed by atoms with van der Waals surface area (Å²) in [7, 11) is 0. The minimum Gasteiger partial charge on any atom is -0.393 e. The molecule has 0 bridgehead atoms. The van der Waals surface area contributed by atoms with Gasteiger partial charge in [0.1, 0.15) is 5.82 Å². The number of aliphatic hydroxyl groups excluding tert-OH is 1. The number of halogens is 1. The Morgan fingerprint density at radius 1 is 1.25 bits per heavy atom. The number of carbonyl (C=O) groups is 1. The fourth-order valence-electron chi connectivity index (χ4n) is 4.29. The second-order valence-corrected chi connectivity index (χ2v) is 8.08. The van der Waals surface area contributed by atoms with Gasteiger partial charge >= 0.3 is 0 Å². The van der Waals surface area contributed by atoms with Gasteiger partial charge in [0.25, 0.3) is 0 Å². The summed E-state index contributed by atoms with van der Waals surface area (Å²) < 4.78 is 20.5. The van der Waals surface area contributed by atoms with E-state index in [1.54, 1.807) is 37.3 Å². The van der Waals surface area contributed by atoms with Gasteiger partial charge in [0.2, 0.25) is 0 Å². The van der Waals surface area contributed by atoms with Crippen LogP contribution in [0.3, 0.4) is 0 Å². The molecule has 0 spiro atoms. The molecule has 0 amide bonds. The van der Waals surface area contributed by atoms with Crippen LogP contribution in [0.4, 0.5) is 4.39 Å². The van der Waals surface area contributed by atoms with Gasteiger partial charge in [-0.05, 0) is 37.3 Å². The molecular formula is C23H25FO3S. The third-order valence-corrected chi connectivity index (χ3v) is 5.89. The highest BCUT2D eigenvalue weighted by atomic mass is 32.1. The highest BCUT2D eigenvalue weighted by Gasteiger charge is 2.47. The van der Waals surface area contributed by atoms with Crippen molar-refractivity contribution in [2.75, 3.05) is 13.2 Å². The quantitative estimate of drug-likeness (QED) is 0.549. The summed E-state index contributed by atoms with van der Waals surface area (Å²) in [6.07, 6.45) is 0.400. The molecule has 3 nitrogen and oxygen atoms in total. The maximum atomic E-state index is 14.8. The second-order valence-electron chi connectivity index (χ2n) is 7.51. The first-order chi connectivity index (χ1) is 13.4. The summed E-state index contributed by atoms with van der Waals surface area (Å²) in [5, 5.41) is 10.4. The Labute approximate surface area is 170 Å². The van der Waals surface area contributed by atoms with E-state index in [2.05, 4.69) is 0 Å². The minimum atomic E-state index is -0.786. The zero-order valence-electron chi connectivity index (χ0n) is 15.9. The van der Waals surface area contributed by atoms with Crippen LogP contribution in [0.15, 0.2) is 54.6 Å². The number of ketones is 1. The van der Waals surface area contributed by atoms with Crippen molar-refractivity contribution in [3.8, 4) is 0 Å². The van der Waals surface area contributed by atoms with Crippen molar-refractivity contribution in [1.29, 1.82) is 0 Å². The number of aliphatic hydroxyl groups is 1. The van der Waals surface area contributed by atoms with Crippen LogP contribution >= 0.6 is 12.2 Å². The monoisotopic (exact) mass is 400 g/mol. The molecule has 148 valence electrons. The van der Waals surface area contributed by atoms with Gasteiger partial charge in [-0.15, -0.1) is 0 Å². The Morgan fingerprint density at radius 2 is 1.93 bits per heavy atom. The Morgan fingerprint density at radius 3 is 2.61 bits per heavy atom. The van der Waals surface area contributed by atoms with Gasteiger partial charge in [0.05, 0.1) is 12.7 Å². The Bertz CT molecular complexity index is 837. The molecular weight excluding hydrogens is 375 g/mol. The molecule has 3 atom stereocenters. The van der Waals surface area contributed by atoms with Crippen LogP contribution in [-0.4, -0.2) is 35.1 Å². The maximum Gasteiger partial charge on any atom is 0.167 e. The van der Waals surface area contributed by atoms with E-state index in [0.717, 1.165) is 0 Å². The van der Waals surface area contributed by atoms with E-state index in [9.17, 15) is 14.3 Å². The molecule has 1 aliphatic heterocycles. The third kappa shape index (κ3) is 4.37. The Kier molecular flexibility index (Phi) is 6.70. The molecule has 1 aliphatic rings. The molecule has 0 radical (unpaired) electrons. The van der Waals surface area contributed by atoms with E-state index < -0.39 is 11.5 Å². The van der Waals surface area contributed by atoms with Gasteiger partial charge < -0.3 is 9.84 Å². The topological polar surface area (TPSA) is 46.5 Å². The van der Waals surface area contributed by atoms with Crippen molar-refractivity contribution in [2.24, 2.45) is 5.92 Å². The van der Waals surface area contributed by atoms with Gasteiger partial charge in [-0.3, -0.25) is 4.79 Å². The highest BCUT2D eigenvalue weighted by Crippen LogP contribution is 2.44. The molecule has 3 rings (SSSR count). The molecule has 1 heterocycles. The van der Waals surface area contributed by atoms with Gasteiger partial charge in [-0.1, -0.05) is 60.7 Å². The Hall–Kier alpha value is -1.95. The fraction of sp³-hybridized carbons (Fsp3) is 0.391. The van der Waals surface area contributed by atoms with Gasteiger partial charge in [0.15, 0.2) is 5.78 Å². The zero-order valence-corrected chi connectivity index (χ0v) is 16.8. The molecule has 1 saturated heterocycles. The normalized spacial score (nSPS) is 23.2. The van der Waals surface area contributed by atoms with Crippen LogP contribution < -0.4 is 0 Å². The lowest BCUT2D eigenvalue weighted by Crippen LogP contribution is -2.50. The van der Waals surface area contributed by atoms with Crippen molar-refractivity contribution in [1.82, 2.24) is 0 Å². The number of ether oxygens (including phenoxy) is 1. The highest BCUT2D eigenvalue weighted by molar-refractivity contribution is 7.80. The number of hydrogen-bond acceptors (Lipinski definition) is 4. The van der Waals surface area contributed by atoms with Gasteiger partial charge in [-0.25, -0.2) is 4.39 Å². The van der Waals surface area contributed by atoms with Gasteiger partial charge in [-0.2, -0.15) is 0 Å². The summed E-state index contributed by atoms with van der Waals surface area (Å²) in [5.74, 6) is -0.599. The second kappa shape index (κ2) is 9.03. The lowest BCUT2D eigenvalue weighted by molar-refractivity contribution is -0.0495. The first-order valence-electron chi connectivity index (χ1n) is 9.55. The van der Waals surface area contributed by atoms with Crippen LogP contribution in [0, 0.1) is 11.7 Å². The molecule has 0 aromatic heterocycles. The summed E-state index contributed by atoms with van der Waals surface area (Å²) in [5.41, 5.74) is 0.318. The average molecular weight is 401 g/mol. The number of carbonyl (C=O) groups excluding carboxylic acids is 1. The van der Waals surface area contributed by atoms with Crippen molar-refractivity contribution in [3.05, 3.63) is 71.5 Å². The molecule has 28 heavy (non-hydrogen) atoms. The molecule has 2 aromatic rings. The summed E-state index contributed by atoms with van der Waals surface area (Å²) >= 11 is 5.59. The van der Waals surface area contributed by atoms with Gasteiger partial charge in [0, 0.05) is 28.9 Å². The molecule has 2 aromatic carbocycles. The molecule has 1 fully saturated rings. The van der Waals surface area contributed by atoms with E-state index >= 15 is 0 Å². The van der Waals surface area contributed by atoms with E-state index in [1.165, 1.54) is 6.07 Å². The van der Waals surface area contributed by atoms with Crippen molar-refractivity contribution in [2.45, 2.75) is 37.7 Å². The largest absolute Gasteiger partial charge is 0.393 e. The van der Waals surface area contributed by atoms with E-state index in [1.807, 2.05) is 18.2 Å². The number of rotatable bonds is 7. The minimum absolute atomic E-state index is 0.0559. The third-order valence-electron chi connectivity index (χ3n) is 5.60. The lowest BCUT2D eigenvalue weighted by Gasteiger charge is -2.46. The SMILES string of the molecule is C[C@H](O)[C@@H]1CCOC[C@@]1(CC(=S)CC(=O)c1ccccc1)c1ccccc1F.